The molecule has 2 unspecified atom stereocenters. The summed E-state index contributed by atoms with van der Waals surface area (Å²) < 4.78 is 7.98. The third-order valence-corrected chi connectivity index (χ3v) is 6.41. The molecule has 2 atom stereocenters. The Balaban J connectivity index is 1.63. The molecule has 1 amide bonds. The number of carbonyl (C=O) groups excluding carboxylic acids is 1. The van der Waals surface area contributed by atoms with Crippen LogP contribution in [0.25, 0.3) is 10.9 Å². The van der Waals surface area contributed by atoms with Crippen LogP contribution in [0.15, 0.2) is 48.9 Å². The summed E-state index contributed by atoms with van der Waals surface area (Å²) in [5, 5.41) is 4.33. The quantitative estimate of drug-likeness (QED) is 0.761. The van der Waals surface area contributed by atoms with Crippen molar-refractivity contribution < 1.29 is 9.53 Å². The van der Waals surface area contributed by atoms with Crippen LogP contribution in [0.5, 0.6) is 0 Å². The molecule has 5 rings (SSSR count). The standard InChI is InChI=1S/C23H25N3O2/c1-16-14-26(19-6-11-28-15-19)21-12-18(2-3-20(16)21)23(7-10-25-22(23)27)13-17-4-8-24-9-5-17/h2-5,8-9,12,14,19H,6-7,10-11,13,15H2,1H3,(H,25,27). The van der Waals surface area contributed by atoms with Gasteiger partial charge in [0.05, 0.1) is 18.1 Å². The van der Waals surface area contributed by atoms with Crippen molar-refractivity contribution in [1.29, 1.82) is 0 Å². The fraction of sp³-hybridized carbons (Fsp3) is 0.391. The normalized spacial score (nSPS) is 24.8. The second kappa shape index (κ2) is 6.74. The number of pyridine rings is 1. The highest BCUT2D eigenvalue weighted by Crippen LogP contribution is 2.38. The fourth-order valence-corrected chi connectivity index (χ4v) is 4.84. The minimum atomic E-state index is -0.523. The van der Waals surface area contributed by atoms with Crippen LogP contribution in [0.2, 0.25) is 0 Å². The summed E-state index contributed by atoms with van der Waals surface area (Å²) in [5.41, 5.74) is 4.20. The first-order chi connectivity index (χ1) is 13.7. The molecule has 3 aromatic rings. The monoisotopic (exact) mass is 375 g/mol. The molecule has 2 saturated heterocycles. The van der Waals surface area contributed by atoms with Gasteiger partial charge in [0.1, 0.15) is 0 Å². The lowest BCUT2D eigenvalue weighted by Gasteiger charge is -2.27. The van der Waals surface area contributed by atoms with Crippen molar-refractivity contribution in [3.63, 3.8) is 0 Å². The third kappa shape index (κ3) is 2.73. The number of benzene rings is 1. The van der Waals surface area contributed by atoms with Crippen molar-refractivity contribution in [1.82, 2.24) is 14.9 Å². The van der Waals surface area contributed by atoms with Gasteiger partial charge in [-0.05, 0) is 61.1 Å². The zero-order chi connectivity index (χ0) is 19.1. The van der Waals surface area contributed by atoms with Gasteiger partial charge in [-0.3, -0.25) is 9.78 Å². The van der Waals surface area contributed by atoms with Crippen molar-refractivity contribution in [3.05, 3.63) is 65.6 Å². The summed E-state index contributed by atoms with van der Waals surface area (Å²) in [6.45, 7) is 4.45. The number of nitrogens with zero attached hydrogens (tertiary/aromatic N) is 2. The Kier molecular flexibility index (Phi) is 4.20. The average Bonchev–Trinajstić information content (AvgIpc) is 3.43. The molecule has 0 spiro atoms. The van der Waals surface area contributed by atoms with E-state index in [1.54, 1.807) is 12.4 Å². The summed E-state index contributed by atoms with van der Waals surface area (Å²) in [7, 11) is 0. The predicted octanol–water partition coefficient (Wildman–Crippen LogP) is 3.31. The number of hydrogen-bond donors (Lipinski definition) is 1. The molecule has 0 radical (unpaired) electrons. The van der Waals surface area contributed by atoms with E-state index < -0.39 is 5.41 Å². The van der Waals surface area contributed by atoms with E-state index in [2.05, 4.69) is 46.2 Å². The first-order valence-corrected chi connectivity index (χ1v) is 10.0. The zero-order valence-electron chi connectivity index (χ0n) is 16.1. The topological polar surface area (TPSA) is 56.1 Å². The molecule has 2 aliphatic heterocycles. The van der Waals surface area contributed by atoms with E-state index in [9.17, 15) is 4.79 Å². The van der Waals surface area contributed by atoms with Crippen molar-refractivity contribution in [3.8, 4) is 0 Å². The zero-order valence-corrected chi connectivity index (χ0v) is 16.1. The Morgan fingerprint density at radius 1 is 1.29 bits per heavy atom. The van der Waals surface area contributed by atoms with Gasteiger partial charge in [0.15, 0.2) is 0 Å². The number of rotatable bonds is 4. The average molecular weight is 375 g/mol. The van der Waals surface area contributed by atoms with Crippen molar-refractivity contribution in [2.24, 2.45) is 0 Å². The van der Waals surface area contributed by atoms with Crippen LogP contribution < -0.4 is 5.32 Å². The lowest BCUT2D eigenvalue weighted by molar-refractivity contribution is -0.124. The molecule has 28 heavy (non-hydrogen) atoms. The number of ether oxygens (including phenoxy) is 1. The molecule has 1 N–H and O–H groups in total. The van der Waals surface area contributed by atoms with Crippen LogP contribution in [0.1, 0.15) is 35.6 Å². The molecule has 5 heteroatoms. The molecule has 1 aromatic carbocycles. The van der Waals surface area contributed by atoms with E-state index in [0.717, 1.165) is 43.7 Å². The summed E-state index contributed by atoms with van der Waals surface area (Å²) >= 11 is 0. The van der Waals surface area contributed by atoms with E-state index in [4.69, 9.17) is 4.74 Å². The van der Waals surface area contributed by atoms with Crippen LogP contribution in [0, 0.1) is 6.92 Å². The molecular weight excluding hydrogens is 350 g/mol. The Morgan fingerprint density at radius 2 is 2.14 bits per heavy atom. The number of amides is 1. The smallest absolute Gasteiger partial charge is 0.231 e. The number of fused-ring (bicyclic) bond motifs is 1. The molecular formula is C23H25N3O2. The second-order valence-electron chi connectivity index (χ2n) is 8.09. The highest BCUT2D eigenvalue weighted by atomic mass is 16.5. The number of hydrogen-bond acceptors (Lipinski definition) is 3. The van der Waals surface area contributed by atoms with Gasteiger partial charge in [0.2, 0.25) is 5.91 Å². The highest BCUT2D eigenvalue weighted by Gasteiger charge is 2.44. The van der Waals surface area contributed by atoms with Gasteiger partial charge < -0.3 is 14.6 Å². The molecule has 2 fully saturated rings. The fourth-order valence-electron chi connectivity index (χ4n) is 4.84. The molecule has 0 saturated carbocycles. The maximum absolute atomic E-state index is 13.0. The van der Waals surface area contributed by atoms with Gasteiger partial charge in [0.25, 0.3) is 0 Å². The van der Waals surface area contributed by atoms with Gasteiger partial charge in [-0.2, -0.15) is 0 Å². The van der Waals surface area contributed by atoms with E-state index in [1.165, 1.54) is 16.5 Å². The lowest BCUT2D eigenvalue weighted by atomic mass is 9.74. The largest absolute Gasteiger partial charge is 0.379 e. The number of aryl methyl sites for hydroxylation is 1. The van der Waals surface area contributed by atoms with Crippen LogP contribution in [-0.4, -0.2) is 35.2 Å². The van der Waals surface area contributed by atoms with E-state index >= 15 is 0 Å². The Morgan fingerprint density at radius 3 is 2.86 bits per heavy atom. The minimum Gasteiger partial charge on any atom is -0.379 e. The molecule has 2 aliphatic rings. The van der Waals surface area contributed by atoms with Crippen LogP contribution in [0.4, 0.5) is 0 Å². The van der Waals surface area contributed by atoms with Crippen LogP contribution >= 0.6 is 0 Å². The third-order valence-electron chi connectivity index (χ3n) is 6.41. The molecule has 144 valence electrons. The van der Waals surface area contributed by atoms with Gasteiger partial charge in [-0.15, -0.1) is 0 Å². The molecule has 2 aromatic heterocycles. The van der Waals surface area contributed by atoms with Crippen molar-refractivity contribution in [2.75, 3.05) is 19.8 Å². The lowest BCUT2D eigenvalue weighted by Crippen LogP contribution is -2.37. The molecule has 4 heterocycles. The summed E-state index contributed by atoms with van der Waals surface area (Å²) in [4.78, 5) is 17.1. The van der Waals surface area contributed by atoms with E-state index in [1.807, 2.05) is 12.1 Å². The molecule has 5 nitrogen and oxygen atoms in total. The van der Waals surface area contributed by atoms with Crippen LogP contribution in [-0.2, 0) is 21.4 Å². The summed E-state index contributed by atoms with van der Waals surface area (Å²) in [6.07, 6.45) is 8.38. The Bertz CT molecular complexity index is 1020. The number of aromatic nitrogens is 2. The molecule has 0 aliphatic carbocycles. The second-order valence-corrected chi connectivity index (χ2v) is 8.09. The Hall–Kier alpha value is -2.66. The first kappa shape index (κ1) is 17.4. The van der Waals surface area contributed by atoms with Crippen LogP contribution in [0.3, 0.4) is 0 Å². The van der Waals surface area contributed by atoms with Crippen molar-refractivity contribution in [2.45, 2.75) is 37.6 Å². The first-order valence-electron chi connectivity index (χ1n) is 10.0. The van der Waals surface area contributed by atoms with Gasteiger partial charge in [0, 0.05) is 42.6 Å². The SMILES string of the molecule is Cc1cn(C2CCOC2)c2cc(C3(Cc4ccncc4)CCNC3=O)ccc12. The minimum absolute atomic E-state index is 0.127. The number of nitrogens with one attached hydrogen (secondary N) is 1. The predicted molar refractivity (Wildman–Crippen MR) is 108 cm³/mol. The summed E-state index contributed by atoms with van der Waals surface area (Å²) in [5.74, 6) is 0.127. The maximum Gasteiger partial charge on any atom is 0.231 e. The number of carbonyl (C=O) groups is 1. The molecule has 0 bridgehead atoms. The maximum atomic E-state index is 13.0. The van der Waals surface area contributed by atoms with Crippen molar-refractivity contribution >= 4 is 16.8 Å². The summed E-state index contributed by atoms with van der Waals surface area (Å²) in [6, 6.07) is 11.0. The van der Waals surface area contributed by atoms with E-state index in [-0.39, 0.29) is 5.91 Å². The van der Waals surface area contributed by atoms with Gasteiger partial charge >= 0.3 is 0 Å². The van der Waals surface area contributed by atoms with E-state index in [0.29, 0.717) is 12.5 Å². The van der Waals surface area contributed by atoms with Gasteiger partial charge in [-0.1, -0.05) is 12.1 Å². The van der Waals surface area contributed by atoms with Gasteiger partial charge in [-0.25, -0.2) is 0 Å². The Labute approximate surface area is 164 Å². The highest BCUT2D eigenvalue weighted by molar-refractivity contribution is 5.93.